The van der Waals surface area contributed by atoms with Crippen LogP contribution < -0.4 is 10.6 Å². The molecule has 2 amide bonds. The SMILES string of the molecule is O=C(O)CC1(CC(=O)Nc2ccc3c(c2)C(=O)NC3)CCCCC1. The van der Waals surface area contributed by atoms with Crippen molar-refractivity contribution in [2.24, 2.45) is 5.41 Å². The molecule has 1 saturated carbocycles. The zero-order chi connectivity index (χ0) is 17.2. The Balaban J connectivity index is 1.69. The minimum absolute atomic E-state index is 0.0347. The van der Waals surface area contributed by atoms with Gasteiger partial charge in [-0.05, 0) is 36.0 Å². The summed E-state index contributed by atoms with van der Waals surface area (Å²) in [6.45, 7) is 0.518. The molecule has 3 rings (SSSR count). The largest absolute Gasteiger partial charge is 0.481 e. The molecule has 1 aromatic carbocycles. The molecule has 0 atom stereocenters. The van der Waals surface area contributed by atoms with Gasteiger partial charge in [0.15, 0.2) is 0 Å². The molecular weight excluding hydrogens is 308 g/mol. The summed E-state index contributed by atoms with van der Waals surface area (Å²) in [5.74, 6) is -1.16. The Morgan fingerprint density at radius 3 is 2.62 bits per heavy atom. The quantitative estimate of drug-likeness (QED) is 0.773. The number of anilines is 1. The maximum absolute atomic E-state index is 12.4. The maximum atomic E-state index is 12.4. The Bertz CT molecular complexity index is 678. The summed E-state index contributed by atoms with van der Waals surface area (Å²) < 4.78 is 0. The van der Waals surface area contributed by atoms with Gasteiger partial charge >= 0.3 is 5.97 Å². The highest BCUT2D eigenvalue weighted by molar-refractivity contribution is 6.00. The minimum atomic E-state index is -0.848. The average molecular weight is 330 g/mol. The molecule has 1 aliphatic carbocycles. The van der Waals surface area contributed by atoms with Gasteiger partial charge < -0.3 is 15.7 Å². The lowest BCUT2D eigenvalue weighted by molar-refractivity contribution is -0.140. The highest BCUT2D eigenvalue weighted by Crippen LogP contribution is 2.42. The first kappa shape index (κ1) is 16.5. The van der Waals surface area contributed by atoms with E-state index in [0.717, 1.165) is 37.7 Å². The first-order valence-corrected chi connectivity index (χ1v) is 8.40. The van der Waals surface area contributed by atoms with Gasteiger partial charge in [0.1, 0.15) is 0 Å². The highest BCUT2D eigenvalue weighted by Gasteiger charge is 2.36. The summed E-state index contributed by atoms with van der Waals surface area (Å²) >= 11 is 0. The van der Waals surface area contributed by atoms with E-state index in [9.17, 15) is 19.5 Å². The van der Waals surface area contributed by atoms with Crippen LogP contribution in [0.4, 0.5) is 5.69 Å². The van der Waals surface area contributed by atoms with Crippen LogP contribution in [0.2, 0.25) is 0 Å². The van der Waals surface area contributed by atoms with Crippen LogP contribution in [0.1, 0.15) is 60.9 Å². The first-order chi connectivity index (χ1) is 11.5. The molecule has 6 nitrogen and oxygen atoms in total. The fourth-order valence-electron chi connectivity index (χ4n) is 3.87. The minimum Gasteiger partial charge on any atom is -0.481 e. The summed E-state index contributed by atoms with van der Waals surface area (Å²) in [5.41, 5.74) is 1.65. The van der Waals surface area contributed by atoms with Gasteiger partial charge in [-0.25, -0.2) is 0 Å². The van der Waals surface area contributed by atoms with Crippen molar-refractivity contribution in [2.75, 3.05) is 5.32 Å². The van der Waals surface area contributed by atoms with Crippen LogP contribution in [0.3, 0.4) is 0 Å². The Morgan fingerprint density at radius 1 is 1.17 bits per heavy atom. The molecular formula is C18H22N2O4. The molecule has 0 unspecified atom stereocenters. The standard InChI is InChI=1S/C18H22N2O4/c21-15(9-18(10-16(22)23)6-2-1-3-7-18)20-13-5-4-12-11-19-17(24)14(12)8-13/h4-5,8H,1-3,6-7,9-11H2,(H,19,24)(H,20,21)(H,22,23). The van der Waals surface area contributed by atoms with Gasteiger partial charge in [0, 0.05) is 24.2 Å². The molecule has 1 heterocycles. The number of amides is 2. The van der Waals surface area contributed by atoms with Crippen LogP contribution in [0.15, 0.2) is 18.2 Å². The number of carboxylic acid groups (broad SMARTS) is 1. The lowest BCUT2D eigenvalue weighted by Gasteiger charge is -2.35. The van der Waals surface area contributed by atoms with E-state index >= 15 is 0 Å². The van der Waals surface area contributed by atoms with Gasteiger partial charge in [-0.1, -0.05) is 25.3 Å². The topological polar surface area (TPSA) is 95.5 Å². The Labute approximate surface area is 140 Å². The molecule has 128 valence electrons. The normalized spacial score (nSPS) is 18.6. The van der Waals surface area contributed by atoms with Crippen LogP contribution in [-0.2, 0) is 16.1 Å². The zero-order valence-corrected chi connectivity index (χ0v) is 13.6. The second kappa shape index (κ2) is 6.63. The van der Waals surface area contributed by atoms with Crippen molar-refractivity contribution in [3.63, 3.8) is 0 Å². The predicted octanol–water partition coefficient (Wildman–Crippen LogP) is 2.68. The fourth-order valence-corrected chi connectivity index (χ4v) is 3.87. The number of carbonyl (C=O) groups is 3. The van der Waals surface area contributed by atoms with E-state index in [1.165, 1.54) is 0 Å². The molecule has 1 fully saturated rings. The molecule has 0 bridgehead atoms. The number of rotatable bonds is 5. The van der Waals surface area contributed by atoms with Crippen molar-refractivity contribution in [3.05, 3.63) is 29.3 Å². The van der Waals surface area contributed by atoms with Gasteiger partial charge in [-0.3, -0.25) is 14.4 Å². The second-order valence-electron chi connectivity index (χ2n) is 6.91. The number of carbonyl (C=O) groups excluding carboxylic acids is 2. The van der Waals surface area contributed by atoms with E-state index in [1.54, 1.807) is 12.1 Å². The number of fused-ring (bicyclic) bond motifs is 1. The van der Waals surface area contributed by atoms with Crippen LogP contribution in [0, 0.1) is 5.41 Å². The molecule has 3 N–H and O–H groups in total. The molecule has 1 aromatic rings. The number of carboxylic acids is 1. The van der Waals surface area contributed by atoms with Gasteiger partial charge in [-0.2, -0.15) is 0 Å². The first-order valence-electron chi connectivity index (χ1n) is 8.40. The van der Waals surface area contributed by atoms with E-state index in [4.69, 9.17) is 0 Å². The smallest absolute Gasteiger partial charge is 0.303 e. The monoisotopic (exact) mass is 330 g/mol. The van der Waals surface area contributed by atoms with Crippen LogP contribution >= 0.6 is 0 Å². The summed E-state index contributed by atoms with van der Waals surface area (Å²) in [6.07, 6.45) is 4.84. The zero-order valence-electron chi connectivity index (χ0n) is 13.6. The summed E-state index contributed by atoms with van der Waals surface area (Å²) in [6, 6.07) is 5.29. The average Bonchev–Trinajstić information content (AvgIpc) is 2.88. The number of hydrogen-bond acceptors (Lipinski definition) is 3. The molecule has 6 heteroatoms. The van der Waals surface area contributed by atoms with Gasteiger partial charge in [0.25, 0.3) is 5.91 Å². The van der Waals surface area contributed by atoms with E-state index in [2.05, 4.69) is 10.6 Å². The van der Waals surface area contributed by atoms with Crippen molar-refractivity contribution in [3.8, 4) is 0 Å². The number of benzene rings is 1. The van der Waals surface area contributed by atoms with Crippen LogP contribution in [0.5, 0.6) is 0 Å². The van der Waals surface area contributed by atoms with Crippen molar-refractivity contribution in [1.82, 2.24) is 5.32 Å². The van der Waals surface area contributed by atoms with E-state index < -0.39 is 11.4 Å². The number of hydrogen-bond donors (Lipinski definition) is 3. The van der Waals surface area contributed by atoms with E-state index in [1.807, 2.05) is 6.07 Å². The van der Waals surface area contributed by atoms with Crippen LogP contribution in [-0.4, -0.2) is 22.9 Å². The molecule has 0 radical (unpaired) electrons. The van der Waals surface area contributed by atoms with E-state index in [-0.39, 0.29) is 24.7 Å². The Morgan fingerprint density at radius 2 is 1.92 bits per heavy atom. The number of aliphatic carboxylic acids is 1. The molecule has 0 aromatic heterocycles. The van der Waals surface area contributed by atoms with Gasteiger partial charge in [-0.15, -0.1) is 0 Å². The van der Waals surface area contributed by atoms with Crippen molar-refractivity contribution in [2.45, 2.75) is 51.5 Å². The third kappa shape index (κ3) is 3.58. The molecule has 0 spiro atoms. The molecule has 0 saturated heterocycles. The number of nitrogens with one attached hydrogen (secondary N) is 2. The summed E-state index contributed by atoms with van der Waals surface area (Å²) in [4.78, 5) is 35.3. The van der Waals surface area contributed by atoms with Crippen LogP contribution in [0.25, 0.3) is 0 Å². The lowest BCUT2D eigenvalue weighted by atomic mass is 9.69. The Kier molecular flexibility index (Phi) is 4.55. The predicted molar refractivity (Wildman–Crippen MR) is 88.6 cm³/mol. The third-order valence-corrected chi connectivity index (χ3v) is 5.05. The lowest BCUT2D eigenvalue weighted by Crippen LogP contribution is -2.32. The van der Waals surface area contributed by atoms with Crippen molar-refractivity contribution < 1.29 is 19.5 Å². The Hall–Kier alpha value is -2.37. The fraction of sp³-hybridized carbons (Fsp3) is 0.500. The van der Waals surface area contributed by atoms with Gasteiger partial charge in [0.2, 0.25) is 5.91 Å². The second-order valence-corrected chi connectivity index (χ2v) is 6.91. The molecule has 1 aliphatic heterocycles. The summed E-state index contributed by atoms with van der Waals surface area (Å²) in [5, 5.41) is 14.8. The van der Waals surface area contributed by atoms with Crippen molar-refractivity contribution in [1.29, 1.82) is 0 Å². The molecule has 24 heavy (non-hydrogen) atoms. The summed E-state index contributed by atoms with van der Waals surface area (Å²) in [7, 11) is 0. The maximum Gasteiger partial charge on any atom is 0.303 e. The highest BCUT2D eigenvalue weighted by atomic mass is 16.4. The third-order valence-electron chi connectivity index (χ3n) is 5.05. The van der Waals surface area contributed by atoms with E-state index in [0.29, 0.717) is 17.8 Å². The van der Waals surface area contributed by atoms with Gasteiger partial charge in [0.05, 0.1) is 6.42 Å². The van der Waals surface area contributed by atoms with Crippen molar-refractivity contribution >= 4 is 23.5 Å². The molecule has 2 aliphatic rings.